The highest BCUT2D eigenvalue weighted by atomic mass is 32.2. The number of carbonyl (C=O) groups is 1. The third-order valence-corrected chi connectivity index (χ3v) is 4.44. The number of phenols is 1. The van der Waals surface area contributed by atoms with E-state index in [4.69, 9.17) is 0 Å². The predicted molar refractivity (Wildman–Crippen MR) is 92.2 cm³/mol. The Bertz CT molecular complexity index is 777. The van der Waals surface area contributed by atoms with E-state index < -0.39 is 5.82 Å². The molecule has 1 aromatic heterocycles. The number of nitrogens with one attached hydrogen (secondary N) is 2. The molecule has 1 aromatic carbocycles. The molecule has 1 fully saturated rings. The largest absolute Gasteiger partial charge is 0.506 e. The minimum Gasteiger partial charge on any atom is -0.506 e. The van der Waals surface area contributed by atoms with Crippen molar-refractivity contribution in [2.24, 2.45) is 0 Å². The molecule has 2 aromatic rings. The van der Waals surface area contributed by atoms with E-state index in [9.17, 15) is 14.3 Å². The second kappa shape index (κ2) is 6.56. The quantitative estimate of drug-likeness (QED) is 0.738. The highest BCUT2D eigenvalue weighted by Gasteiger charge is 2.26. The number of nitrogens with zero attached hydrogens (tertiary/aromatic N) is 2. The number of rotatable bonds is 4. The molecule has 0 saturated carbocycles. The van der Waals surface area contributed by atoms with Gasteiger partial charge in [0.1, 0.15) is 23.8 Å². The average molecular weight is 348 g/mol. The summed E-state index contributed by atoms with van der Waals surface area (Å²) in [7, 11) is 0. The van der Waals surface area contributed by atoms with Gasteiger partial charge in [0.05, 0.1) is 12.1 Å². The van der Waals surface area contributed by atoms with Gasteiger partial charge in [-0.05, 0) is 42.7 Å². The molecule has 0 radical (unpaired) electrons. The fraction of sp³-hybridized carbons (Fsp3) is 0.250. The van der Waals surface area contributed by atoms with Crippen molar-refractivity contribution in [1.82, 2.24) is 9.71 Å². The second-order valence-electron chi connectivity index (χ2n) is 5.63. The zero-order valence-electron chi connectivity index (χ0n) is 13.3. The van der Waals surface area contributed by atoms with E-state index in [0.717, 1.165) is 29.1 Å². The van der Waals surface area contributed by atoms with Gasteiger partial charge in [0.25, 0.3) is 5.91 Å². The van der Waals surface area contributed by atoms with Crippen LogP contribution in [0.2, 0.25) is 0 Å². The van der Waals surface area contributed by atoms with Gasteiger partial charge in [0.2, 0.25) is 0 Å². The summed E-state index contributed by atoms with van der Waals surface area (Å²) in [5, 5.41) is 13.3. The van der Waals surface area contributed by atoms with E-state index in [0.29, 0.717) is 12.1 Å². The summed E-state index contributed by atoms with van der Waals surface area (Å²) in [6.45, 7) is 4.23. The molecule has 24 heavy (non-hydrogen) atoms. The molecule has 0 spiro atoms. The lowest BCUT2D eigenvalue weighted by Crippen LogP contribution is -2.16. The van der Waals surface area contributed by atoms with E-state index in [1.807, 2.05) is 19.9 Å². The lowest BCUT2D eigenvalue weighted by atomic mass is 10.1. The Hall–Kier alpha value is -2.48. The van der Waals surface area contributed by atoms with Crippen LogP contribution in [0.5, 0.6) is 5.75 Å². The molecule has 0 unspecified atom stereocenters. The van der Waals surface area contributed by atoms with Crippen molar-refractivity contribution in [2.75, 3.05) is 16.2 Å². The van der Waals surface area contributed by atoms with Crippen LogP contribution in [0.3, 0.4) is 0 Å². The number of aryl methyl sites for hydroxylation is 2. The lowest BCUT2D eigenvalue weighted by Gasteiger charge is -2.17. The predicted octanol–water partition coefficient (Wildman–Crippen LogP) is 2.65. The maximum Gasteiger partial charge on any atom is 0.251 e. The smallest absolute Gasteiger partial charge is 0.251 e. The number of aromatic nitrogens is 1. The second-order valence-corrected chi connectivity index (χ2v) is 6.46. The number of benzene rings is 1. The number of halogens is 1. The first-order chi connectivity index (χ1) is 11.4. The third kappa shape index (κ3) is 3.38. The maximum absolute atomic E-state index is 14.4. The molecular weight excluding hydrogens is 331 g/mol. The molecule has 8 heteroatoms. The molecule has 1 aliphatic rings. The molecule has 3 rings (SSSR count). The van der Waals surface area contributed by atoms with Crippen LogP contribution in [0.15, 0.2) is 24.4 Å². The Morgan fingerprint density at radius 3 is 2.83 bits per heavy atom. The highest BCUT2D eigenvalue weighted by molar-refractivity contribution is 7.99. The van der Waals surface area contributed by atoms with Gasteiger partial charge >= 0.3 is 0 Å². The molecule has 0 aliphatic carbocycles. The summed E-state index contributed by atoms with van der Waals surface area (Å²) in [5.41, 5.74) is 2.65. The summed E-state index contributed by atoms with van der Waals surface area (Å²) in [4.78, 5) is 15.5. The minimum atomic E-state index is -0.579. The fourth-order valence-electron chi connectivity index (χ4n) is 2.50. The van der Waals surface area contributed by atoms with Crippen LogP contribution in [0, 0.1) is 19.7 Å². The minimum absolute atomic E-state index is 0.000769. The summed E-state index contributed by atoms with van der Waals surface area (Å²) in [6, 6.07) is 4.83. The number of hydrogen-bond acceptors (Lipinski definition) is 6. The van der Waals surface area contributed by atoms with E-state index in [1.54, 1.807) is 6.20 Å². The van der Waals surface area contributed by atoms with Gasteiger partial charge < -0.3 is 10.4 Å². The van der Waals surface area contributed by atoms with Gasteiger partial charge in [-0.3, -0.25) is 13.8 Å². The zero-order chi connectivity index (χ0) is 17.3. The monoisotopic (exact) mass is 348 g/mol. The van der Waals surface area contributed by atoms with Gasteiger partial charge in [0, 0.05) is 12.7 Å². The number of anilines is 2. The number of aromatic hydroxyl groups is 1. The molecule has 0 atom stereocenters. The van der Waals surface area contributed by atoms with E-state index in [1.165, 1.54) is 16.4 Å². The number of carbonyl (C=O) groups excluding carboxylic acids is 1. The van der Waals surface area contributed by atoms with E-state index in [2.05, 4.69) is 15.0 Å². The van der Waals surface area contributed by atoms with Crippen LogP contribution in [0.4, 0.5) is 15.9 Å². The van der Waals surface area contributed by atoms with Crippen molar-refractivity contribution in [3.05, 3.63) is 46.9 Å². The first kappa shape index (κ1) is 16.4. The molecule has 126 valence electrons. The first-order valence-corrected chi connectivity index (χ1v) is 8.13. The van der Waals surface area contributed by atoms with Crippen LogP contribution in [0.25, 0.3) is 0 Å². The van der Waals surface area contributed by atoms with Crippen LogP contribution < -0.4 is 14.3 Å². The lowest BCUT2D eigenvalue weighted by molar-refractivity contribution is -0.117. The normalized spacial score (nSPS) is 14.0. The van der Waals surface area contributed by atoms with Gasteiger partial charge in [-0.2, -0.15) is 0 Å². The first-order valence-electron chi connectivity index (χ1n) is 7.36. The van der Waals surface area contributed by atoms with Crippen molar-refractivity contribution in [3.8, 4) is 5.75 Å². The molecule has 6 nitrogen and oxygen atoms in total. The van der Waals surface area contributed by atoms with Crippen molar-refractivity contribution >= 4 is 29.5 Å². The fourth-order valence-corrected chi connectivity index (χ4v) is 3.23. The average Bonchev–Trinajstić information content (AvgIpc) is 2.92. The Kier molecular flexibility index (Phi) is 4.48. The third-order valence-electron chi connectivity index (χ3n) is 3.58. The molecule has 2 heterocycles. The molecule has 1 aliphatic heterocycles. The van der Waals surface area contributed by atoms with Crippen LogP contribution >= 0.6 is 12.1 Å². The standard InChI is InChI=1S/C16H17FN4O2S/c1-9-3-10(2)16(18-6-9)19-7-11-4-12(17)15(13(22)5-11)21-8-14(23)20-24-21/h3-6,22H,7-8H2,1-2H3,(H,18,19)(H,20,23). The molecule has 3 N–H and O–H groups in total. The van der Waals surface area contributed by atoms with Crippen LogP contribution in [0.1, 0.15) is 16.7 Å². The van der Waals surface area contributed by atoms with Gasteiger partial charge in [-0.15, -0.1) is 0 Å². The Morgan fingerprint density at radius 1 is 1.42 bits per heavy atom. The van der Waals surface area contributed by atoms with Crippen LogP contribution in [-0.4, -0.2) is 22.5 Å². The van der Waals surface area contributed by atoms with Gasteiger partial charge in [0.15, 0.2) is 5.82 Å². The number of pyridine rings is 1. The Morgan fingerprint density at radius 2 is 2.21 bits per heavy atom. The Balaban J connectivity index is 1.76. The number of hydrogen-bond donors (Lipinski definition) is 3. The van der Waals surface area contributed by atoms with E-state index >= 15 is 0 Å². The molecular formula is C16H17FN4O2S. The van der Waals surface area contributed by atoms with Crippen molar-refractivity contribution in [2.45, 2.75) is 20.4 Å². The topological polar surface area (TPSA) is 77.5 Å². The van der Waals surface area contributed by atoms with Gasteiger partial charge in [-0.25, -0.2) is 9.37 Å². The van der Waals surface area contributed by atoms with Gasteiger partial charge in [-0.1, -0.05) is 6.07 Å². The Labute approximate surface area is 143 Å². The summed E-state index contributed by atoms with van der Waals surface area (Å²) >= 11 is 0.959. The highest BCUT2D eigenvalue weighted by Crippen LogP contribution is 2.36. The molecule has 1 amide bonds. The summed E-state index contributed by atoms with van der Waals surface area (Å²) < 4.78 is 18.2. The summed E-state index contributed by atoms with van der Waals surface area (Å²) in [5.74, 6) is -0.297. The number of amides is 1. The van der Waals surface area contributed by atoms with Crippen molar-refractivity contribution in [1.29, 1.82) is 0 Å². The van der Waals surface area contributed by atoms with Crippen molar-refractivity contribution in [3.63, 3.8) is 0 Å². The van der Waals surface area contributed by atoms with Crippen LogP contribution in [-0.2, 0) is 11.3 Å². The SMILES string of the molecule is Cc1cnc(NCc2cc(O)c(N3CC(=O)NS3)c(F)c2)c(C)c1. The maximum atomic E-state index is 14.4. The summed E-state index contributed by atoms with van der Waals surface area (Å²) in [6.07, 6.45) is 1.76. The van der Waals surface area contributed by atoms with Crippen molar-refractivity contribution < 1.29 is 14.3 Å². The molecule has 0 bridgehead atoms. The molecule has 1 saturated heterocycles. The number of phenolic OH excluding ortho intramolecular Hbond substituents is 1. The zero-order valence-corrected chi connectivity index (χ0v) is 14.1. The van der Waals surface area contributed by atoms with E-state index in [-0.39, 0.29) is 23.9 Å².